The van der Waals surface area contributed by atoms with Gasteiger partial charge in [-0.15, -0.1) is 0 Å². The number of thioether (sulfide) groups is 2. The SMILES string of the molecule is C.C.C.CC(=O)NC1CC(C)(C)[N+](=O)C(C)(C)C1.CCCN=C1S/C(=C\c2ccc(OCC(O)CO)c(Cl)c2)C(=O)N1c1ccccc1C.CCCN=C1S/C(=C\c2ccc(OC[C@H](O)C=O)c(Cl)c2)C(=O)N1c1ccccc1C. The van der Waals surface area contributed by atoms with Crippen molar-refractivity contribution in [2.45, 2.75) is 140 Å². The number of anilines is 2. The Hall–Kier alpha value is -5.86. The number of benzene rings is 4. The van der Waals surface area contributed by atoms with Gasteiger partial charge in [-0.1, -0.05) is 108 Å². The number of amidine groups is 2. The van der Waals surface area contributed by atoms with Crippen molar-refractivity contribution < 1.29 is 48.7 Å². The second-order valence-corrected chi connectivity index (χ2v) is 22.5. The molecule has 3 fully saturated rings. The van der Waals surface area contributed by atoms with E-state index in [-0.39, 0.29) is 65.9 Å². The van der Waals surface area contributed by atoms with Crippen LogP contribution in [-0.4, -0.2) is 117 Å². The van der Waals surface area contributed by atoms with Crippen molar-refractivity contribution in [1.82, 2.24) is 5.32 Å². The van der Waals surface area contributed by atoms with Crippen LogP contribution in [0.3, 0.4) is 0 Å². The molecule has 0 saturated carbocycles. The molecule has 0 aliphatic carbocycles. The molecule has 16 nitrogen and oxygen atoms in total. The molecular weight excluding hydrogens is 1100 g/mol. The lowest BCUT2D eigenvalue weighted by Crippen LogP contribution is -2.58. The van der Waals surface area contributed by atoms with Crippen LogP contribution in [0.4, 0.5) is 11.4 Å². The second kappa shape index (κ2) is 32.5. The molecule has 0 radical (unpaired) electrons. The Kier molecular flexibility index (Phi) is 28.6. The van der Waals surface area contributed by atoms with Crippen LogP contribution in [0.25, 0.3) is 12.2 Å². The first-order chi connectivity index (χ1) is 36.5. The Morgan fingerprint density at radius 2 is 1.16 bits per heavy atom. The minimum Gasteiger partial charge on any atom is -0.489 e. The first kappa shape index (κ1) is 70.2. The monoisotopic (exact) mass is 1180 g/mol. The van der Waals surface area contributed by atoms with Gasteiger partial charge in [0.05, 0.1) is 37.8 Å². The predicted octanol–water partition coefficient (Wildman–Crippen LogP) is 12.3. The van der Waals surface area contributed by atoms with E-state index in [1.54, 1.807) is 58.4 Å². The normalized spacial score (nSPS) is 18.2. The molecule has 436 valence electrons. The molecule has 0 spiro atoms. The number of aliphatic imine (C=N–C) groups is 2. The number of para-hydroxylation sites is 2. The maximum absolute atomic E-state index is 13.2. The van der Waals surface area contributed by atoms with Crippen molar-refractivity contribution in [3.8, 4) is 11.5 Å². The van der Waals surface area contributed by atoms with E-state index in [4.69, 9.17) is 37.8 Å². The Morgan fingerprint density at radius 1 is 0.750 bits per heavy atom. The molecule has 3 aliphatic rings. The number of aliphatic hydroxyl groups is 3. The van der Waals surface area contributed by atoms with Gasteiger partial charge in [0.2, 0.25) is 17.0 Å². The molecule has 4 N–H and O–H groups in total. The number of aldehydes is 1. The number of nitroso groups, excluding NO2 is 1. The first-order valence-corrected chi connectivity index (χ1v) is 27.6. The highest BCUT2D eigenvalue weighted by Gasteiger charge is 2.53. The number of aliphatic hydroxyl groups excluding tert-OH is 3. The molecule has 20 heteroatoms. The zero-order valence-electron chi connectivity index (χ0n) is 44.9. The van der Waals surface area contributed by atoms with Crippen LogP contribution >= 0.6 is 46.7 Å². The maximum atomic E-state index is 13.2. The number of hydrogen-bond donors (Lipinski definition) is 4. The summed E-state index contributed by atoms with van der Waals surface area (Å²) >= 11 is 15.2. The van der Waals surface area contributed by atoms with Gasteiger partial charge in [-0.25, -0.2) is 0 Å². The number of aryl methyl sites for hydroxylation is 2. The van der Waals surface area contributed by atoms with Crippen molar-refractivity contribution >= 4 is 105 Å². The molecule has 0 aromatic heterocycles. The Bertz CT molecular complexity index is 2890. The van der Waals surface area contributed by atoms with Gasteiger partial charge in [-0.2, -0.15) is 0 Å². The Labute approximate surface area is 491 Å². The molecule has 4 aromatic carbocycles. The number of amides is 3. The largest absolute Gasteiger partial charge is 0.489 e. The summed E-state index contributed by atoms with van der Waals surface area (Å²) in [5, 5.41) is 32.5. The van der Waals surface area contributed by atoms with Gasteiger partial charge in [-0.3, -0.25) is 34.2 Å². The zero-order valence-corrected chi connectivity index (χ0v) is 48.1. The smallest absolute Gasteiger partial charge is 0.271 e. The summed E-state index contributed by atoms with van der Waals surface area (Å²) in [6.07, 6.45) is 4.95. The highest BCUT2D eigenvalue weighted by molar-refractivity contribution is 8.19. The summed E-state index contributed by atoms with van der Waals surface area (Å²) < 4.78 is 11.9. The second-order valence-electron chi connectivity index (χ2n) is 19.7. The number of hydrogen-bond acceptors (Lipinski definition) is 14. The van der Waals surface area contributed by atoms with Crippen molar-refractivity contribution in [1.29, 1.82) is 0 Å². The van der Waals surface area contributed by atoms with Crippen LogP contribution in [0.15, 0.2) is 105 Å². The molecule has 3 aliphatic heterocycles. The van der Waals surface area contributed by atoms with Crippen LogP contribution in [0.2, 0.25) is 10.0 Å². The number of rotatable bonds is 17. The zero-order chi connectivity index (χ0) is 56.6. The van der Waals surface area contributed by atoms with E-state index in [1.807, 2.05) is 104 Å². The van der Waals surface area contributed by atoms with E-state index in [2.05, 4.69) is 15.3 Å². The lowest BCUT2D eigenvalue weighted by atomic mass is 9.79. The maximum Gasteiger partial charge on any atom is 0.271 e. The number of nitrogens with one attached hydrogen (secondary N) is 1. The van der Waals surface area contributed by atoms with Gasteiger partial charge in [0.25, 0.3) is 11.8 Å². The minimum atomic E-state index is -1.21. The summed E-state index contributed by atoms with van der Waals surface area (Å²) in [6.45, 7) is 17.9. The topological polar surface area (TPSA) is 211 Å². The van der Waals surface area contributed by atoms with E-state index in [9.17, 15) is 34.3 Å². The molecule has 2 atom stereocenters. The standard InChI is InChI=1S/C23H25ClN2O4S.C23H23ClN2O4S.C11H20N2O2.3CH4/c2*1-3-10-25-23-26(19-7-5-4-6-15(19)2)22(29)21(31-23)12-16-8-9-20(18(24)11-16)30-14-17(28)13-27;1-8(14)12-9-6-10(2,3)13(15)11(4,5)7-9;;;/h4-9,11-12,17,27-28H,3,10,13-14H2,1-2H3;4-9,11-13,17,28H,3,10,14H2,1-2H3;9H,6-7H2,1-5H3;3*1H4/p+1/b2*21-12-,25-23?;;;;/t;17-;;;;/m.1..../s1. The fourth-order valence-corrected chi connectivity index (χ4v) is 11.0. The predicted molar refractivity (Wildman–Crippen MR) is 332 cm³/mol. The summed E-state index contributed by atoms with van der Waals surface area (Å²) in [4.78, 5) is 73.6. The lowest BCUT2D eigenvalue weighted by Gasteiger charge is -2.36. The number of carbonyl (C=O) groups is 4. The lowest BCUT2D eigenvalue weighted by molar-refractivity contribution is -0.693. The molecule has 80 heavy (non-hydrogen) atoms. The molecule has 1 unspecified atom stereocenters. The van der Waals surface area contributed by atoms with Gasteiger partial charge in [0, 0.05) is 76.3 Å². The molecule has 0 bridgehead atoms. The molecule has 3 heterocycles. The van der Waals surface area contributed by atoms with Crippen molar-refractivity contribution in [2.24, 2.45) is 9.98 Å². The average molecular weight is 1180 g/mol. The highest BCUT2D eigenvalue weighted by atomic mass is 35.5. The van der Waals surface area contributed by atoms with Gasteiger partial charge in [0.1, 0.15) is 36.9 Å². The van der Waals surface area contributed by atoms with Crippen LogP contribution in [0.5, 0.6) is 11.5 Å². The fourth-order valence-electron chi connectivity index (χ4n) is 8.48. The van der Waals surface area contributed by atoms with E-state index < -0.39 is 23.3 Å². The quantitative estimate of drug-likeness (QED) is 0.0442. The number of carbonyl (C=O) groups excluding carboxylic acids is 4. The Morgan fingerprint density at radius 3 is 1.52 bits per heavy atom. The van der Waals surface area contributed by atoms with E-state index in [0.29, 0.717) is 73.9 Å². The van der Waals surface area contributed by atoms with E-state index in [1.165, 1.54) is 30.4 Å². The summed E-state index contributed by atoms with van der Waals surface area (Å²) in [7, 11) is 0. The molecule has 3 amide bonds. The third-order valence-electron chi connectivity index (χ3n) is 12.0. The number of nitrogens with zero attached hydrogens (tertiary/aromatic N) is 5. The summed E-state index contributed by atoms with van der Waals surface area (Å²) in [6, 6.07) is 25.8. The molecule has 3 saturated heterocycles. The van der Waals surface area contributed by atoms with Crippen molar-refractivity contribution in [3.05, 3.63) is 132 Å². The van der Waals surface area contributed by atoms with E-state index >= 15 is 0 Å². The third-order valence-corrected chi connectivity index (χ3v) is 14.6. The van der Waals surface area contributed by atoms with Gasteiger partial charge >= 0.3 is 0 Å². The average Bonchev–Trinajstić information content (AvgIpc) is 3.86. The van der Waals surface area contributed by atoms with Crippen LogP contribution in [0.1, 0.15) is 119 Å². The van der Waals surface area contributed by atoms with Crippen LogP contribution in [-0.2, 0) is 19.2 Å². The minimum absolute atomic E-state index is 0. The molecular formula is C60H81Cl2N6O10S2+. The van der Waals surface area contributed by atoms with Gasteiger partial charge in [0.15, 0.2) is 16.6 Å². The van der Waals surface area contributed by atoms with Gasteiger partial charge in [-0.05, 0) is 121 Å². The van der Waals surface area contributed by atoms with Crippen LogP contribution in [0, 0.1) is 18.8 Å². The Balaban J connectivity index is 0.000000426. The highest BCUT2D eigenvalue weighted by Crippen LogP contribution is 2.40. The summed E-state index contributed by atoms with van der Waals surface area (Å²) in [5.41, 5.74) is 4.28. The number of piperidine rings is 1. The molecule has 4 aromatic rings. The summed E-state index contributed by atoms with van der Waals surface area (Å²) in [5.74, 6) is 0.456. The van der Waals surface area contributed by atoms with E-state index in [0.717, 1.165) is 51.2 Å². The van der Waals surface area contributed by atoms with Gasteiger partial charge < -0.3 is 34.9 Å². The van der Waals surface area contributed by atoms with Crippen LogP contribution < -0.4 is 24.6 Å². The third kappa shape index (κ3) is 19.1. The van der Waals surface area contributed by atoms with Crippen molar-refractivity contribution in [3.63, 3.8) is 0 Å². The first-order valence-electron chi connectivity index (χ1n) is 25.2. The fraction of sp³-hybridized carbons (Fsp3) is 0.433. The number of halogens is 2. The molecule has 7 rings (SSSR count). The van der Waals surface area contributed by atoms with Crippen molar-refractivity contribution in [2.75, 3.05) is 42.7 Å². The number of ether oxygens (including phenoxy) is 2.